The number of aryl methyl sites for hydroxylation is 1. The van der Waals surface area contributed by atoms with Gasteiger partial charge < -0.3 is 14.5 Å². The molecule has 0 N–H and O–H groups in total. The highest BCUT2D eigenvalue weighted by molar-refractivity contribution is 6.31. The smallest absolute Gasteiger partial charge is 0.417 e. The molecule has 1 heterocycles. The van der Waals surface area contributed by atoms with Crippen LogP contribution in [0.3, 0.4) is 0 Å². The Labute approximate surface area is 237 Å². The van der Waals surface area contributed by atoms with Crippen LogP contribution in [0.15, 0.2) is 72.8 Å². The number of rotatable bonds is 8. The fraction of sp³-hybridized carbons (Fsp3) is 0.355. The lowest BCUT2D eigenvalue weighted by Crippen LogP contribution is -2.47. The number of ether oxygens (including phenoxy) is 1. The number of amides is 2. The number of nitrogens with zero attached hydrogens (tertiary/aromatic N) is 2. The van der Waals surface area contributed by atoms with Gasteiger partial charge in [-0.2, -0.15) is 13.2 Å². The molecule has 1 saturated heterocycles. The summed E-state index contributed by atoms with van der Waals surface area (Å²) in [5.74, 6) is -0.116. The molecule has 212 valence electrons. The molecule has 2 amide bonds. The summed E-state index contributed by atoms with van der Waals surface area (Å²) in [7, 11) is 1.75. The van der Waals surface area contributed by atoms with E-state index in [1.807, 2.05) is 43.3 Å². The molecule has 3 aromatic rings. The quantitative estimate of drug-likeness (QED) is 0.291. The van der Waals surface area contributed by atoms with E-state index >= 15 is 0 Å². The summed E-state index contributed by atoms with van der Waals surface area (Å²) in [6.45, 7) is 2.97. The molecule has 0 aromatic heterocycles. The average molecular weight is 573 g/mol. The number of carbonyl (C=O) groups excluding carboxylic acids is 2. The van der Waals surface area contributed by atoms with Gasteiger partial charge >= 0.3 is 6.18 Å². The summed E-state index contributed by atoms with van der Waals surface area (Å²) in [5, 5.41) is 0.616. The van der Waals surface area contributed by atoms with Gasteiger partial charge in [-0.25, -0.2) is 0 Å². The second-order valence-electron chi connectivity index (χ2n) is 10.4. The number of hydrogen-bond acceptors (Lipinski definition) is 3. The van der Waals surface area contributed by atoms with Gasteiger partial charge in [0.2, 0.25) is 5.91 Å². The van der Waals surface area contributed by atoms with Gasteiger partial charge in [0.1, 0.15) is 5.75 Å². The fourth-order valence-corrected chi connectivity index (χ4v) is 5.11. The number of carbonyl (C=O) groups is 2. The summed E-state index contributed by atoms with van der Waals surface area (Å²) >= 11 is 6.15. The van der Waals surface area contributed by atoms with Gasteiger partial charge in [0.15, 0.2) is 0 Å². The van der Waals surface area contributed by atoms with Crippen molar-refractivity contribution in [3.63, 3.8) is 0 Å². The Morgan fingerprint density at radius 1 is 1.00 bits per heavy atom. The standard InChI is InChI=1S/C31H32ClF3N2O3/c1-22-18-24(12-13-27(22)32)40-21-30(19-28(38)36(2)20-23-8-4-3-5-9-23)14-16-37(17-15-30)29(39)25-10-6-7-11-26(25)31(33,34)35/h3-13,18H,14-17,19-21H2,1-2H3. The van der Waals surface area contributed by atoms with E-state index in [-0.39, 0.29) is 37.6 Å². The van der Waals surface area contributed by atoms with E-state index in [4.69, 9.17) is 16.3 Å². The lowest BCUT2D eigenvalue weighted by Gasteiger charge is -2.42. The van der Waals surface area contributed by atoms with E-state index < -0.39 is 23.1 Å². The van der Waals surface area contributed by atoms with Gasteiger partial charge in [0.25, 0.3) is 5.91 Å². The van der Waals surface area contributed by atoms with Crippen LogP contribution >= 0.6 is 11.6 Å². The topological polar surface area (TPSA) is 49.9 Å². The van der Waals surface area contributed by atoms with Crippen LogP contribution in [0.1, 0.15) is 46.3 Å². The zero-order valence-electron chi connectivity index (χ0n) is 22.5. The largest absolute Gasteiger partial charge is 0.493 e. The molecule has 4 rings (SSSR count). The zero-order chi connectivity index (χ0) is 28.9. The van der Waals surface area contributed by atoms with Crippen molar-refractivity contribution in [1.29, 1.82) is 0 Å². The first-order valence-corrected chi connectivity index (χ1v) is 13.5. The minimum atomic E-state index is -4.63. The molecule has 0 saturated carbocycles. The molecule has 9 heteroatoms. The van der Waals surface area contributed by atoms with Gasteiger partial charge in [-0.15, -0.1) is 0 Å². The van der Waals surface area contributed by atoms with Gasteiger partial charge in [-0.3, -0.25) is 9.59 Å². The first-order valence-electron chi connectivity index (χ1n) is 13.1. The molecule has 1 aliphatic heterocycles. The average Bonchev–Trinajstić information content (AvgIpc) is 2.94. The minimum absolute atomic E-state index is 0.0677. The SMILES string of the molecule is Cc1cc(OCC2(CC(=O)N(C)Cc3ccccc3)CCN(C(=O)c3ccccc3C(F)(F)F)CC2)ccc1Cl. The van der Waals surface area contributed by atoms with Crippen LogP contribution in [-0.4, -0.2) is 48.4 Å². The molecule has 0 radical (unpaired) electrons. The van der Waals surface area contributed by atoms with Crippen LogP contribution in [0.4, 0.5) is 13.2 Å². The Morgan fingerprint density at radius 2 is 1.65 bits per heavy atom. The molecule has 0 aliphatic carbocycles. The van der Waals surface area contributed by atoms with E-state index in [2.05, 4.69) is 0 Å². The summed E-state index contributed by atoms with van der Waals surface area (Å²) in [4.78, 5) is 29.6. The maximum Gasteiger partial charge on any atom is 0.417 e. The van der Waals surface area contributed by atoms with Gasteiger partial charge in [-0.05, 0) is 61.2 Å². The third kappa shape index (κ3) is 7.16. The highest BCUT2D eigenvalue weighted by Crippen LogP contribution is 2.38. The van der Waals surface area contributed by atoms with Crippen LogP contribution in [0.5, 0.6) is 5.75 Å². The van der Waals surface area contributed by atoms with Gasteiger partial charge in [0.05, 0.1) is 17.7 Å². The Hall–Kier alpha value is -3.52. The molecule has 40 heavy (non-hydrogen) atoms. The monoisotopic (exact) mass is 572 g/mol. The van der Waals surface area contributed by atoms with E-state index in [9.17, 15) is 22.8 Å². The third-order valence-corrected chi connectivity index (χ3v) is 7.89. The maximum atomic E-state index is 13.6. The second-order valence-corrected chi connectivity index (χ2v) is 10.9. The maximum absolute atomic E-state index is 13.6. The van der Waals surface area contributed by atoms with Crippen molar-refractivity contribution in [3.05, 3.63) is 100 Å². The second kappa shape index (κ2) is 12.3. The highest BCUT2D eigenvalue weighted by atomic mass is 35.5. The van der Waals surface area contributed by atoms with Crippen LogP contribution < -0.4 is 4.74 Å². The van der Waals surface area contributed by atoms with Crippen molar-refractivity contribution in [1.82, 2.24) is 9.80 Å². The molecule has 1 fully saturated rings. The number of benzene rings is 3. The van der Waals surface area contributed by atoms with Crippen molar-refractivity contribution >= 4 is 23.4 Å². The van der Waals surface area contributed by atoms with Crippen molar-refractivity contribution in [2.45, 2.75) is 38.9 Å². The summed E-state index contributed by atoms with van der Waals surface area (Å²) in [6.07, 6.45) is -3.63. The lowest BCUT2D eigenvalue weighted by atomic mass is 9.75. The number of halogens is 4. The van der Waals surface area contributed by atoms with Crippen molar-refractivity contribution in [3.8, 4) is 5.75 Å². The third-order valence-electron chi connectivity index (χ3n) is 7.46. The first kappa shape index (κ1) is 29.5. The van der Waals surface area contributed by atoms with Crippen LogP contribution in [0.2, 0.25) is 5.02 Å². The molecule has 0 unspecified atom stereocenters. The molecular weight excluding hydrogens is 541 g/mol. The summed E-state index contributed by atoms with van der Waals surface area (Å²) < 4.78 is 46.8. The Balaban J connectivity index is 1.50. The van der Waals surface area contributed by atoms with E-state index in [0.29, 0.717) is 30.2 Å². The lowest BCUT2D eigenvalue weighted by molar-refractivity contribution is -0.138. The number of piperidine rings is 1. The zero-order valence-corrected chi connectivity index (χ0v) is 23.3. The predicted octanol–water partition coefficient (Wildman–Crippen LogP) is 7.02. The van der Waals surface area contributed by atoms with Crippen molar-refractivity contribution < 1.29 is 27.5 Å². The normalized spacial score (nSPS) is 15.0. The summed E-state index contributed by atoms with van der Waals surface area (Å²) in [5.41, 5.74) is -0.0553. The van der Waals surface area contributed by atoms with E-state index in [1.165, 1.54) is 23.1 Å². The molecule has 0 atom stereocenters. The predicted molar refractivity (Wildman–Crippen MR) is 148 cm³/mol. The fourth-order valence-electron chi connectivity index (χ4n) is 4.99. The molecule has 3 aromatic carbocycles. The van der Waals surface area contributed by atoms with E-state index in [1.54, 1.807) is 24.1 Å². The highest BCUT2D eigenvalue weighted by Gasteiger charge is 2.41. The van der Waals surface area contributed by atoms with Crippen molar-refractivity contribution in [2.24, 2.45) is 5.41 Å². The van der Waals surface area contributed by atoms with E-state index in [0.717, 1.165) is 17.2 Å². The number of likely N-dealkylation sites (tertiary alicyclic amines) is 1. The van der Waals surface area contributed by atoms with Gasteiger partial charge in [0, 0.05) is 43.5 Å². The minimum Gasteiger partial charge on any atom is -0.493 e. The molecule has 5 nitrogen and oxygen atoms in total. The Kier molecular flexibility index (Phi) is 9.08. The van der Waals surface area contributed by atoms with Crippen molar-refractivity contribution in [2.75, 3.05) is 26.7 Å². The van der Waals surface area contributed by atoms with Crippen LogP contribution in [0, 0.1) is 12.3 Å². The van der Waals surface area contributed by atoms with Gasteiger partial charge in [-0.1, -0.05) is 54.1 Å². The molecular formula is C31H32ClF3N2O3. The Morgan fingerprint density at radius 3 is 2.30 bits per heavy atom. The van der Waals surface area contributed by atoms with Crippen LogP contribution in [0.25, 0.3) is 0 Å². The number of hydrogen-bond donors (Lipinski definition) is 0. The molecule has 1 aliphatic rings. The van der Waals surface area contributed by atoms with Crippen LogP contribution in [-0.2, 0) is 17.5 Å². The molecule has 0 spiro atoms. The molecule has 0 bridgehead atoms. The Bertz CT molecular complexity index is 1340. The first-order chi connectivity index (χ1) is 19.0. The number of alkyl halides is 3. The summed E-state index contributed by atoms with van der Waals surface area (Å²) in [6, 6.07) is 19.8.